The normalized spacial score (nSPS) is 6.18. The number of primary amides is 1. The van der Waals surface area contributed by atoms with Gasteiger partial charge in [-0.2, -0.15) is 0 Å². The van der Waals surface area contributed by atoms with E-state index in [-0.39, 0.29) is 41.5 Å². The third-order valence-electron chi connectivity index (χ3n) is 0.380. The SMILES string of the molecule is NC(=O)NC(=O)OC=O.[Na+].[OH-]. The summed E-state index contributed by atoms with van der Waals surface area (Å²) in [6.45, 7) is -0.113. The van der Waals surface area contributed by atoms with E-state index in [1.165, 1.54) is 5.32 Å². The molecule has 0 aliphatic rings. The molecule has 0 rings (SSSR count). The van der Waals surface area contributed by atoms with E-state index in [2.05, 4.69) is 10.5 Å². The molecule has 0 unspecified atom stereocenters. The Hall–Kier alpha value is -0.630. The van der Waals surface area contributed by atoms with E-state index in [0.29, 0.717) is 0 Å². The van der Waals surface area contributed by atoms with Crippen LogP contribution in [0.1, 0.15) is 0 Å². The summed E-state index contributed by atoms with van der Waals surface area (Å²) in [6, 6.07) is -1.07. The van der Waals surface area contributed by atoms with Gasteiger partial charge in [-0.15, -0.1) is 0 Å². The van der Waals surface area contributed by atoms with Crippen molar-refractivity contribution in [1.29, 1.82) is 0 Å². The summed E-state index contributed by atoms with van der Waals surface area (Å²) in [5.41, 5.74) is 4.46. The zero-order valence-electron chi connectivity index (χ0n) is 5.73. The van der Waals surface area contributed by atoms with E-state index in [0.717, 1.165) is 0 Å². The molecule has 0 aromatic carbocycles. The largest absolute Gasteiger partial charge is 1.00 e. The number of carbonyl (C=O) groups excluding carboxylic acids is 3. The van der Waals surface area contributed by atoms with Gasteiger partial charge in [0.1, 0.15) is 0 Å². The first-order valence-electron chi connectivity index (χ1n) is 1.87. The maximum Gasteiger partial charge on any atom is 1.00 e. The standard InChI is InChI=1S/C3H4N2O4.Na.H2O/c4-2(7)5-3(8)9-1-6;;/h1H,(H3,4,5,7,8);;1H2/q;+1;/p-1. The molecule has 11 heavy (non-hydrogen) atoms. The molecule has 58 valence electrons. The molecule has 0 saturated heterocycles. The summed E-state index contributed by atoms with van der Waals surface area (Å²) in [4.78, 5) is 29.1. The number of nitrogens with one attached hydrogen (secondary N) is 1. The zero-order valence-corrected chi connectivity index (χ0v) is 7.73. The average molecular weight is 172 g/mol. The monoisotopic (exact) mass is 172 g/mol. The third-order valence-corrected chi connectivity index (χ3v) is 0.380. The fourth-order valence-corrected chi connectivity index (χ4v) is 0.174. The minimum absolute atomic E-state index is 0. The predicted molar refractivity (Wildman–Crippen MR) is 27.2 cm³/mol. The van der Waals surface area contributed by atoms with Crippen LogP contribution < -0.4 is 40.6 Å². The van der Waals surface area contributed by atoms with Crippen molar-refractivity contribution >= 4 is 18.6 Å². The number of nitrogens with two attached hydrogens (primary N) is 1. The maximum absolute atomic E-state index is 9.99. The van der Waals surface area contributed by atoms with Gasteiger partial charge in [0.25, 0.3) is 0 Å². The summed E-state index contributed by atoms with van der Waals surface area (Å²) < 4.78 is 3.62. The minimum Gasteiger partial charge on any atom is -0.870 e. The molecule has 0 aromatic rings. The number of carbonyl (C=O) groups is 3. The Balaban J connectivity index is -0.000000320. The van der Waals surface area contributed by atoms with Crippen LogP contribution in [0.5, 0.6) is 0 Å². The number of hydrogen-bond donors (Lipinski definition) is 2. The molecule has 0 heterocycles. The Morgan fingerprint density at radius 2 is 1.91 bits per heavy atom. The van der Waals surface area contributed by atoms with Crippen LogP contribution in [0.15, 0.2) is 0 Å². The van der Waals surface area contributed by atoms with Crippen molar-refractivity contribution in [2.24, 2.45) is 5.73 Å². The van der Waals surface area contributed by atoms with E-state index in [9.17, 15) is 14.4 Å². The molecule has 0 bridgehead atoms. The molecule has 0 saturated carbocycles. The Labute approximate surface area is 83.9 Å². The Kier molecular flexibility index (Phi) is 14.3. The van der Waals surface area contributed by atoms with Gasteiger partial charge in [-0.1, -0.05) is 0 Å². The third kappa shape index (κ3) is 12.5. The van der Waals surface area contributed by atoms with E-state index < -0.39 is 12.1 Å². The molecule has 0 aliphatic heterocycles. The summed E-state index contributed by atoms with van der Waals surface area (Å²) >= 11 is 0. The van der Waals surface area contributed by atoms with Crippen LogP contribution >= 0.6 is 0 Å². The predicted octanol–water partition coefficient (Wildman–Crippen LogP) is -4.23. The number of ether oxygens (including phenoxy) is 1. The number of hydrogen-bond acceptors (Lipinski definition) is 5. The van der Waals surface area contributed by atoms with Gasteiger partial charge in [0.2, 0.25) is 0 Å². The molecule has 4 N–H and O–H groups in total. The van der Waals surface area contributed by atoms with Crippen LogP contribution in [0.4, 0.5) is 9.59 Å². The van der Waals surface area contributed by atoms with Crippen molar-refractivity contribution in [2.45, 2.75) is 0 Å². The summed E-state index contributed by atoms with van der Waals surface area (Å²) in [5, 5.41) is 1.49. The van der Waals surface area contributed by atoms with Gasteiger partial charge in [-0.05, 0) is 0 Å². The second-order valence-electron chi connectivity index (χ2n) is 0.991. The smallest absolute Gasteiger partial charge is 0.870 e. The Morgan fingerprint density at radius 1 is 1.45 bits per heavy atom. The summed E-state index contributed by atoms with van der Waals surface area (Å²) in [7, 11) is 0. The topological polar surface area (TPSA) is 128 Å². The van der Waals surface area contributed by atoms with Crippen LogP contribution in [-0.2, 0) is 9.53 Å². The second-order valence-corrected chi connectivity index (χ2v) is 0.991. The van der Waals surface area contributed by atoms with E-state index in [1.807, 2.05) is 0 Å². The molecule has 0 atom stereocenters. The van der Waals surface area contributed by atoms with Crippen molar-refractivity contribution in [3.05, 3.63) is 0 Å². The molecular formula is C3H5N2NaO5. The van der Waals surface area contributed by atoms with Gasteiger partial charge in [-0.3, -0.25) is 4.79 Å². The molecule has 3 amide bonds. The van der Waals surface area contributed by atoms with Gasteiger partial charge in [0.05, 0.1) is 0 Å². The van der Waals surface area contributed by atoms with Gasteiger partial charge < -0.3 is 15.9 Å². The molecule has 0 radical (unpaired) electrons. The number of alkyl carbamates (subject to hydrolysis) is 1. The molecule has 0 spiro atoms. The minimum atomic E-state index is -1.18. The molecular weight excluding hydrogens is 167 g/mol. The first-order chi connectivity index (χ1) is 4.16. The molecule has 8 heteroatoms. The van der Waals surface area contributed by atoms with Crippen LogP contribution in [0.25, 0.3) is 0 Å². The Bertz CT molecular complexity index is 149. The van der Waals surface area contributed by atoms with Gasteiger partial charge in [0, 0.05) is 0 Å². The summed E-state index contributed by atoms with van der Waals surface area (Å²) in [5.74, 6) is 0. The van der Waals surface area contributed by atoms with Crippen LogP contribution in [0.2, 0.25) is 0 Å². The van der Waals surface area contributed by atoms with Crippen LogP contribution in [0.3, 0.4) is 0 Å². The van der Waals surface area contributed by atoms with Crippen LogP contribution in [-0.4, -0.2) is 24.1 Å². The molecule has 0 fully saturated rings. The molecule has 7 nitrogen and oxygen atoms in total. The maximum atomic E-state index is 9.99. The van der Waals surface area contributed by atoms with Crippen molar-refractivity contribution in [3.63, 3.8) is 0 Å². The number of rotatable bonds is 1. The molecule has 0 aromatic heterocycles. The number of imide groups is 1. The number of urea groups is 1. The van der Waals surface area contributed by atoms with E-state index in [1.54, 1.807) is 0 Å². The van der Waals surface area contributed by atoms with Crippen molar-refractivity contribution in [1.82, 2.24) is 5.32 Å². The molecule has 0 aliphatic carbocycles. The number of amides is 3. The van der Waals surface area contributed by atoms with Crippen molar-refractivity contribution in [3.8, 4) is 0 Å². The van der Waals surface area contributed by atoms with Crippen LogP contribution in [0, 0.1) is 0 Å². The summed E-state index contributed by atoms with van der Waals surface area (Å²) in [6.07, 6.45) is -1.18. The fraction of sp³-hybridized carbons (Fsp3) is 0. The van der Waals surface area contributed by atoms with E-state index in [4.69, 9.17) is 0 Å². The Morgan fingerprint density at radius 3 is 2.18 bits per heavy atom. The van der Waals surface area contributed by atoms with E-state index >= 15 is 0 Å². The average Bonchev–Trinajstić information content (AvgIpc) is 1.63. The quantitative estimate of drug-likeness (QED) is 0.235. The van der Waals surface area contributed by atoms with Gasteiger partial charge in [0.15, 0.2) is 0 Å². The van der Waals surface area contributed by atoms with Gasteiger partial charge in [-0.25, -0.2) is 14.9 Å². The van der Waals surface area contributed by atoms with Crippen molar-refractivity contribution in [2.75, 3.05) is 0 Å². The first-order valence-corrected chi connectivity index (χ1v) is 1.87. The first kappa shape index (κ1) is 16.8. The zero-order chi connectivity index (χ0) is 7.28. The van der Waals surface area contributed by atoms with Gasteiger partial charge >= 0.3 is 48.2 Å². The second kappa shape index (κ2) is 9.37. The fourth-order valence-electron chi connectivity index (χ4n) is 0.174. The van der Waals surface area contributed by atoms with Crippen molar-refractivity contribution < 1.29 is 54.2 Å².